The van der Waals surface area contributed by atoms with Crippen molar-refractivity contribution in [3.63, 3.8) is 0 Å². The Labute approximate surface area is 154 Å². The summed E-state index contributed by atoms with van der Waals surface area (Å²) in [6.45, 7) is 2.21. The Kier molecular flexibility index (Phi) is 4.52. The van der Waals surface area contributed by atoms with E-state index in [9.17, 15) is 9.59 Å². The zero-order valence-corrected chi connectivity index (χ0v) is 14.8. The summed E-state index contributed by atoms with van der Waals surface area (Å²) in [5, 5.41) is 0.591. The Morgan fingerprint density at radius 3 is 2.46 bits per heavy atom. The number of rotatable bonds is 2. The maximum absolute atomic E-state index is 12.8. The number of hydrogen-bond donors (Lipinski definition) is 1. The van der Waals surface area contributed by atoms with Gasteiger partial charge in [0.25, 0.3) is 5.91 Å². The van der Waals surface area contributed by atoms with Crippen molar-refractivity contribution >= 4 is 17.5 Å². The molecule has 0 aliphatic carbocycles. The van der Waals surface area contributed by atoms with E-state index in [1.54, 1.807) is 35.2 Å². The van der Waals surface area contributed by atoms with E-state index in [2.05, 4.69) is 9.97 Å². The lowest BCUT2D eigenvalue weighted by atomic mass is 10.0. The maximum atomic E-state index is 12.8. The van der Waals surface area contributed by atoms with Gasteiger partial charge in [-0.15, -0.1) is 0 Å². The van der Waals surface area contributed by atoms with Crippen molar-refractivity contribution in [2.45, 2.75) is 18.6 Å². The number of nitrogens with one attached hydrogen (secondary N) is 1. The zero-order chi connectivity index (χ0) is 18.1. The number of nitrogens with zero attached hydrogens (tertiary/aromatic N) is 2. The Bertz CT molecular complexity index is 865. The molecule has 2 fully saturated rings. The van der Waals surface area contributed by atoms with Gasteiger partial charge in [0, 0.05) is 36.5 Å². The van der Waals surface area contributed by atoms with E-state index in [-0.39, 0.29) is 11.6 Å². The fourth-order valence-corrected chi connectivity index (χ4v) is 3.47. The van der Waals surface area contributed by atoms with Gasteiger partial charge in [-0.3, -0.25) is 4.79 Å². The standard InChI is InChI=1S/C18H18ClN3O4/c19-13-3-1-12(2-4-13)14-11-15(21-17(24)20-14)16(23)22-7-5-18(6-8-22)25-9-10-26-18/h1-4,11H,5-10H2,(H,20,21,24). The fourth-order valence-electron chi connectivity index (χ4n) is 3.35. The van der Waals surface area contributed by atoms with Crippen LogP contribution in [0.25, 0.3) is 11.3 Å². The number of H-pyrrole nitrogens is 1. The van der Waals surface area contributed by atoms with E-state index >= 15 is 0 Å². The average Bonchev–Trinajstić information content (AvgIpc) is 3.10. The van der Waals surface area contributed by atoms with E-state index in [1.807, 2.05) is 0 Å². The molecule has 2 aliphatic heterocycles. The molecule has 3 heterocycles. The van der Waals surface area contributed by atoms with E-state index in [1.165, 1.54) is 0 Å². The Morgan fingerprint density at radius 2 is 1.81 bits per heavy atom. The molecule has 2 aromatic rings. The molecule has 2 aliphatic rings. The van der Waals surface area contributed by atoms with Crippen LogP contribution < -0.4 is 5.69 Å². The Morgan fingerprint density at radius 1 is 1.15 bits per heavy atom. The molecule has 1 amide bonds. The first-order chi connectivity index (χ1) is 12.5. The van der Waals surface area contributed by atoms with Gasteiger partial charge >= 0.3 is 5.69 Å². The van der Waals surface area contributed by atoms with Gasteiger partial charge < -0.3 is 19.4 Å². The number of aromatic amines is 1. The lowest BCUT2D eigenvalue weighted by Crippen LogP contribution is -2.47. The smallest absolute Gasteiger partial charge is 0.346 e. The highest BCUT2D eigenvalue weighted by Gasteiger charge is 2.41. The number of benzene rings is 1. The molecule has 8 heteroatoms. The van der Waals surface area contributed by atoms with Crippen LogP contribution in [0.1, 0.15) is 23.3 Å². The van der Waals surface area contributed by atoms with Crippen LogP contribution in [0.15, 0.2) is 35.1 Å². The van der Waals surface area contributed by atoms with Crippen molar-refractivity contribution < 1.29 is 14.3 Å². The number of halogens is 1. The molecule has 0 radical (unpaired) electrons. The van der Waals surface area contributed by atoms with Crippen LogP contribution in [0.4, 0.5) is 0 Å². The number of ether oxygens (including phenoxy) is 2. The predicted molar refractivity (Wildman–Crippen MR) is 95.1 cm³/mol. The molecular formula is C18H18ClN3O4. The second-order valence-corrected chi connectivity index (χ2v) is 6.83. The van der Waals surface area contributed by atoms with E-state index in [0.717, 1.165) is 5.56 Å². The quantitative estimate of drug-likeness (QED) is 0.868. The van der Waals surface area contributed by atoms with Gasteiger partial charge in [0.05, 0.1) is 18.9 Å². The minimum atomic E-state index is -0.559. The van der Waals surface area contributed by atoms with Gasteiger partial charge in [0.15, 0.2) is 5.79 Å². The molecular weight excluding hydrogens is 358 g/mol. The predicted octanol–water partition coefficient (Wildman–Crippen LogP) is 2.07. The summed E-state index contributed by atoms with van der Waals surface area (Å²) in [6.07, 6.45) is 1.25. The summed E-state index contributed by atoms with van der Waals surface area (Å²) in [6, 6.07) is 8.55. The molecule has 7 nitrogen and oxygen atoms in total. The topological polar surface area (TPSA) is 84.5 Å². The van der Waals surface area contributed by atoms with Crippen LogP contribution in [-0.2, 0) is 9.47 Å². The highest BCUT2D eigenvalue weighted by molar-refractivity contribution is 6.30. The normalized spacial score (nSPS) is 19.0. The SMILES string of the molecule is O=C(c1cc(-c2ccc(Cl)cc2)nc(=O)[nH]1)N1CCC2(CC1)OCCO2. The van der Waals surface area contributed by atoms with Gasteiger partial charge in [0.1, 0.15) is 5.69 Å². The molecule has 26 heavy (non-hydrogen) atoms. The highest BCUT2D eigenvalue weighted by atomic mass is 35.5. The number of likely N-dealkylation sites (tertiary alicyclic amines) is 1. The Balaban J connectivity index is 1.55. The molecule has 0 bridgehead atoms. The van der Waals surface area contributed by atoms with Crippen LogP contribution in [0, 0.1) is 0 Å². The molecule has 0 atom stereocenters. The van der Waals surface area contributed by atoms with Gasteiger partial charge in [-0.2, -0.15) is 4.98 Å². The molecule has 136 valence electrons. The van der Waals surface area contributed by atoms with Crippen LogP contribution in [0.5, 0.6) is 0 Å². The van der Waals surface area contributed by atoms with Crippen molar-refractivity contribution in [3.05, 3.63) is 51.5 Å². The molecule has 4 rings (SSSR count). The van der Waals surface area contributed by atoms with Gasteiger partial charge in [-0.25, -0.2) is 4.79 Å². The van der Waals surface area contributed by atoms with Crippen molar-refractivity contribution in [2.24, 2.45) is 0 Å². The molecule has 1 aromatic heterocycles. The summed E-state index contributed by atoms with van der Waals surface area (Å²) in [7, 11) is 0. The maximum Gasteiger partial charge on any atom is 0.346 e. The zero-order valence-electron chi connectivity index (χ0n) is 14.0. The average molecular weight is 376 g/mol. The van der Waals surface area contributed by atoms with Gasteiger partial charge in [-0.1, -0.05) is 23.7 Å². The lowest BCUT2D eigenvalue weighted by Gasteiger charge is -2.37. The number of aromatic nitrogens is 2. The minimum Gasteiger partial charge on any atom is -0.347 e. The number of hydrogen-bond acceptors (Lipinski definition) is 5. The van der Waals surface area contributed by atoms with Crippen molar-refractivity contribution in [1.29, 1.82) is 0 Å². The number of carbonyl (C=O) groups excluding carboxylic acids is 1. The molecule has 1 N–H and O–H groups in total. The highest BCUT2D eigenvalue weighted by Crippen LogP contribution is 2.31. The van der Waals surface area contributed by atoms with Crippen LogP contribution in [0.2, 0.25) is 5.02 Å². The summed E-state index contributed by atoms with van der Waals surface area (Å²) < 4.78 is 11.4. The van der Waals surface area contributed by atoms with Crippen LogP contribution >= 0.6 is 11.6 Å². The Hall–Kier alpha value is -2.22. The minimum absolute atomic E-state index is 0.221. The number of carbonyl (C=O) groups is 1. The van der Waals surface area contributed by atoms with E-state index in [4.69, 9.17) is 21.1 Å². The largest absolute Gasteiger partial charge is 0.347 e. The van der Waals surface area contributed by atoms with Crippen LogP contribution in [-0.4, -0.2) is 52.9 Å². The summed E-state index contributed by atoms with van der Waals surface area (Å²) in [5.41, 5.74) is 0.820. The first-order valence-electron chi connectivity index (χ1n) is 8.49. The molecule has 0 unspecified atom stereocenters. The lowest BCUT2D eigenvalue weighted by molar-refractivity contribution is -0.181. The van der Waals surface area contributed by atoms with Crippen molar-refractivity contribution in [3.8, 4) is 11.3 Å². The third kappa shape index (κ3) is 3.38. The third-order valence-electron chi connectivity index (χ3n) is 4.74. The van der Waals surface area contributed by atoms with E-state index in [0.29, 0.717) is 49.9 Å². The van der Waals surface area contributed by atoms with Gasteiger partial charge in [-0.05, 0) is 18.2 Å². The van der Waals surface area contributed by atoms with Crippen LogP contribution in [0.3, 0.4) is 0 Å². The molecule has 0 saturated carbocycles. The first-order valence-corrected chi connectivity index (χ1v) is 8.87. The monoisotopic (exact) mass is 375 g/mol. The first kappa shape index (κ1) is 17.2. The van der Waals surface area contributed by atoms with Gasteiger partial charge in [0.2, 0.25) is 0 Å². The summed E-state index contributed by atoms with van der Waals surface area (Å²) in [4.78, 5) is 33.0. The van der Waals surface area contributed by atoms with E-state index < -0.39 is 11.5 Å². The third-order valence-corrected chi connectivity index (χ3v) is 4.99. The molecule has 1 spiro atoms. The number of piperidine rings is 1. The fraction of sp³-hybridized carbons (Fsp3) is 0.389. The second-order valence-electron chi connectivity index (χ2n) is 6.39. The summed E-state index contributed by atoms with van der Waals surface area (Å²) >= 11 is 5.90. The molecule has 2 saturated heterocycles. The number of amides is 1. The summed E-state index contributed by atoms with van der Waals surface area (Å²) in [5.74, 6) is -0.774. The van der Waals surface area contributed by atoms with Crippen molar-refractivity contribution in [2.75, 3.05) is 26.3 Å². The second kappa shape index (κ2) is 6.83. The molecule has 1 aromatic carbocycles. The van der Waals surface area contributed by atoms with Crippen molar-refractivity contribution in [1.82, 2.24) is 14.9 Å².